The van der Waals surface area contributed by atoms with Crippen LogP contribution in [0.15, 0.2) is 60.8 Å². The molecule has 0 saturated carbocycles. The van der Waals surface area contributed by atoms with E-state index in [0.717, 1.165) is 10.9 Å². The monoisotopic (exact) mass is 296 g/mol. The van der Waals surface area contributed by atoms with Gasteiger partial charge < -0.3 is 4.74 Å². The third-order valence-corrected chi connectivity index (χ3v) is 3.29. The lowest BCUT2D eigenvalue weighted by Crippen LogP contribution is -2.12. The molecule has 1 heterocycles. The van der Waals surface area contributed by atoms with Crippen LogP contribution in [0.3, 0.4) is 0 Å². The smallest absolute Gasteiger partial charge is 0.418 e. The average Bonchev–Trinajstić information content (AvgIpc) is 2.96. The lowest BCUT2D eigenvalue weighted by atomic mass is 10.2. The first kappa shape index (κ1) is 13.8. The molecular weight excluding hydrogens is 284 g/mol. The summed E-state index contributed by atoms with van der Waals surface area (Å²) < 4.78 is 6.50. The van der Waals surface area contributed by atoms with Gasteiger partial charge in [0, 0.05) is 23.7 Å². The quantitative estimate of drug-likeness (QED) is 0.545. The van der Waals surface area contributed by atoms with Crippen molar-refractivity contribution in [2.75, 3.05) is 0 Å². The number of nitrogens with zero attached hydrogens (tertiary/aromatic N) is 2. The van der Waals surface area contributed by atoms with Crippen LogP contribution in [-0.4, -0.2) is 15.6 Å². The molecule has 0 atom stereocenters. The Morgan fingerprint density at radius 2 is 1.91 bits per heavy atom. The molecule has 1 aromatic heterocycles. The number of nitro benzene ring substituents is 1. The number of rotatable bonds is 3. The first-order valence-corrected chi connectivity index (χ1v) is 6.62. The molecule has 0 aliphatic carbocycles. The summed E-state index contributed by atoms with van der Waals surface area (Å²) in [6.45, 7) is 0.147. The van der Waals surface area contributed by atoms with Gasteiger partial charge in [-0.05, 0) is 17.7 Å². The molecule has 0 unspecified atom stereocenters. The number of carbonyl (C=O) groups is 1. The fraction of sp³-hybridized carbons (Fsp3) is 0.0625. The number of hydrogen-bond donors (Lipinski definition) is 0. The number of aromatic nitrogens is 1. The van der Waals surface area contributed by atoms with Crippen molar-refractivity contribution in [3.63, 3.8) is 0 Å². The van der Waals surface area contributed by atoms with Crippen molar-refractivity contribution < 1.29 is 14.5 Å². The van der Waals surface area contributed by atoms with Crippen LogP contribution in [0.5, 0.6) is 0 Å². The number of non-ortho nitro benzene ring substituents is 1. The molecule has 0 saturated heterocycles. The molecule has 0 bridgehead atoms. The van der Waals surface area contributed by atoms with Crippen LogP contribution in [0.25, 0.3) is 10.9 Å². The third kappa shape index (κ3) is 2.67. The number of benzene rings is 2. The summed E-state index contributed by atoms with van der Waals surface area (Å²) in [6.07, 6.45) is 0.973. The normalized spacial score (nSPS) is 10.5. The van der Waals surface area contributed by atoms with Crippen molar-refractivity contribution in [3.05, 3.63) is 76.5 Å². The predicted molar refractivity (Wildman–Crippen MR) is 80.6 cm³/mol. The minimum absolute atomic E-state index is 0.0664. The number of fused-ring (bicyclic) bond motifs is 1. The van der Waals surface area contributed by atoms with Crippen LogP contribution in [0.4, 0.5) is 10.5 Å². The third-order valence-electron chi connectivity index (χ3n) is 3.29. The number of carbonyl (C=O) groups excluding carboxylic acids is 1. The molecule has 0 amide bonds. The molecule has 0 fully saturated rings. The molecule has 6 nitrogen and oxygen atoms in total. The Labute approximate surface area is 125 Å². The molecule has 3 rings (SSSR count). The lowest BCUT2D eigenvalue weighted by molar-refractivity contribution is -0.384. The van der Waals surface area contributed by atoms with Gasteiger partial charge in [0.05, 0.1) is 10.4 Å². The SMILES string of the molecule is O=C(OCc1ccccc1)n1ccc2ccc([N+](=O)[O-])cc21. The molecule has 0 aliphatic rings. The van der Waals surface area contributed by atoms with Crippen molar-refractivity contribution in [2.24, 2.45) is 0 Å². The highest BCUT2D eigenvalue weighted by atomic mass is 16.6. The summed E-state index contributed by atoms with van der Waals surface area (Å²) in [5, 5.41) is 11.6. The Morgan fingerprint density at radius 3 is 2.64 bits per heavy atom. The zero-order valence-corrected chi connectivity index (χ0v) is 11.5. The molecule has 0 spiro atoms. The summed E-state index contributed by atoms with van der Waals surface area (Å²) in [5.41, 5.74) is 1.26. The first-order chi connectivity index (χ1) is 10.6. The van der Waals surface area contributed by atoms with Gasteiger partial charge in [0.25, 0.3) is 5.69 Å². The maximum absolute atomic E-state index is 12.1. The summed E-state index contributed by atoms with van der Waals surface area (Å²) in [5.74, 6) is 0. The van der Waals surface area contributed by atoms with Crippen LogP contribution in [0.1, 0.15) is 5.56 Å². The molecule has 3 aromatic rings. The van der Waals surface area contributed by atoms with Gasteiger partial charge in [-0.25, -0.2) is 4.79 Å². The second-order valence-corrected chi connectivity index (χ2v) is 4.73. The van der Waals surface area contributed by atoms with E-state index < -0.39 is 11.0 Å². The van der Waals surface area contributed by atoms with Gasteiger partial charge in [0.15, 0.2) is 0 Å². The summed E-state index contributed by atoms with van der Waals surface area (Å²) in [6, 6.07) is 15.4. The highest BCUT2D eigenvalue weighted by molar-refractivity contribution is 5.90. The van der Waals surface area contributed by atoms with Crippen molar-refractivity contribution in [3.8, 4) is 0 Å². The Balaban J connectivity index is 1.84. The second-order valence-electron chi connectivity index (χ2n) is 4.73. The Morgan fingerprint density at radius 1 is 1.14 bits per heavy atom. The van der Waals surface area contributed by atoms with E-state index in [4.69, 9.17) is 4.74 Å². The molecule has 2 aromatic carbocycles. The minimum atomic E-state index is -0.570. The van der Waals surface area contributed by atoms with Crippen LogP contribution in [-0.2, 0) is 11.3 Å². The van der Waals surface area contributed by atoms with E-state index in [1.807, 2.05) is 30.3 Å². The van der Waals surface area contributed by atoms with Gasteiger partial charge in [-0.2, -0.15) is 0 Å². The fourth-order valence-electron chi connectivity index (χ4n) is 2.18. The number of hydrogen-bond acceptors (Lipinski definition) is 4. The van der Waals surface area contributed by atoms with Crippen molar-refractivity contribution in [1.82, 2.24) is 4.57 Å². The summed E-state index contributed by atoms with van der Waals surface area (Å²) in [4.78, 5) is 22.5. The van der Waals surface area contributed by atoms with Crippen LogP contribution in [0.2, 0.25) is 0 Å². The van der Waals surface area contributed by atoms with Gasteiger partial charge in [-0.3, -0.25) is 14.7 Å². The Bertz CT molecular complexity index is 840. The molecule has 0 aliphatic heterocycles. The van der Waals surface area contributed by atoms with E-state index in [0.29, 0.717) is 5.52 Å². The highest BCUT2D eigenvalue weighted by Crippen LogP contribution is 2.22. The van der Waals surface area contributed by atoms with E-state index >= 15 is 0 Å². The minimum Gasteiger partial charge on any atom is -0.444 e. The van der Waals surface area contributed by atoms with Gasteiger partial charge in [0.1, 0.15) is 6.61 Å². The van der Waals surface area contributed by atoms with E-state index in [2.05, 4.69) is 0 Å². The fourth-order valence-corrected chi connectivity index (χ4v) is 2.18. The zero-order valence-electron chi connectivity index (χ0n) is 11.5. The maximum atomic E-state index is 12.1. The summed E-state index contributed by atoms with van der Waals surface area (Å²) in [7, 11) is 0. The van der Waals surface area contributed by atoms with Crippen molar-refractivity contribution in [1.29, 1.82) is 0 Å². The Hall–Kier alpha value is -3.15. The molecule has 22 heavy (non-hydrogen) atoms. The van der Waals surface area contributed by atoms with Gasteiger partial charge in [-0.15, -0.1) is 0 Å². The predicted octanol–water partition coefficient (Wildman–Crippen LogP) is 3.73. The lowest BCUT2D eigenvalue weighted by Gasteiger charge is -2.06. The molecule has 6 heteroatoms. The van der Waals surface area contributed by atoms with E-state index in [1.54, 1.807) is 18.3 Å². The molecule has 110 valence electrons. The van der Waals surface area contributed by atoms with Crippen LogP contribution in [0, 0.1) is 10.1 Å². The van der Waals surface area contributed by atoms with Gasteiger partial charge >= 0.3 is 6.09 Å². The van der Waals surface area contributed by atoms with E-state index in [1.165, 1.54) is 16.7 Å². The summed E-state index contributed by atoms with van der Waals surface area (Å²) >= 11 is 0. The largest absolute Gasteiger partial charge is 0.444 e. The maximum Gasteiger partial charge on any atom is 0.418 e. The van der Waals surface area contributed by atoms with E-state index in [-0.39, 0.29) is 12.3 Å². The second kappa shape index (κ2) is 5.69. The van der Waals surface area contributed by atoms with Gasteiger partial charge in [-0.1, -0.05) is 30.3 Å². The van der Waals surface area contributed by atoms with Gasteiger partial charge in [0.2, 0.25) is 0 Å². The van der Waals surface area contributed by atoms with Crippen LogP contribution >= 0.6 is 0 Å². The zero-order chi connectivity index (χ0) is 15.5. The van der Waals surface area contributed by atoms with Crippen molar-refractivity contribution in [2.45, 2.75) is 6.61 Å². The Kier molecular flexibility index (Phi) is 3.57. The van der Waals surface area contributed by atoms with Crippen LogP contribution < -0.4 is 0 Å². The number of ether oxygens (including phenoxy) is 1. The average molecular weight is 296 g/mol. The molecule has 0 N–H and O–H groups in total. The molecular formula is C16H12N2O4. The molecule has 0 radical (unpaired) electrons. The first-order valence-electron chi connectivity index (χ1n) is 6.62. The topological polar surface area (TPSA) is 74.4 Å². The van der Waals surface area contributed by atoms with Crippen molar-refractivity contribution >= 4 is 22.7 Å². The highest BCUT2D eigenvalue weighted by Gasteiger charge is 2.14. The van der Waals surface area contributed by atoms with E-state index in [9.17, 15) is 14.9 Å². The standard InChI is InChI=1S/C16H12N2O4/c19-16(22-11-12-4-2-1-3-5-12)17-9-8-13-6-7-14(18(20)21)10-15(13)17/h1-10H,11H2. The number of nitro groups is 1.